The molecule has 118 valence electrons. The van der Waals surface area contributed by atoms with Crippen LogP contribution in [0.1, 0.15) is 5.56 Å². The monoisotopic (exact) mass is 309 g/mol. The van der Waals surface area contributed by atoms with Crippen LogP contribution in [0.3, 0.4) is 0 Å². The molecule has 0 aliphatic carbocycles. The first-order valence-electron chi connectivity index (χ1n) is 7.89. The van der Waals surface area contributed by atoms with Gasteiger partial charge in [0, 0.05) is 32.7 Å². The molecule has 5 nitrogen and oxygen atoms in total. The van der Waals surface area contributed by atoms with E-state index in [9.17, 15) is 5.11 Å². The van der Waals surface area contributed by atoms with Crippen molar-refractivity contribution in [2.24, 2.45) is 0 Å². The van der Waals surface area contributed by atoms with Crippen LogP contribution in [0.25, 0.3) is 11.1 Å². The molecule has 2 heterocycles. The van der Waals surface area contributed by atoms with Gasteiger partial charge in [-0.05, 0) is 29.8 Å². The molecule has 1 aromatic heterocycles. The van der Waals surface area contributed by atoms with Gasteiger partial charge in [-0.2, -0.15) is 4.98 Å². The van der Waals surface area contributed by atoms with Crippen molar-refractivity contribution in [1.82, 2.24) is 9.88 Å². The molecule has 1 aliphatic heterocycles. The zero-order chi connectivity index (χ0) is 15.6. The minimum Gasteiger partial charge on any atom is -0.508 e. The maximum Gasteiger partial charge on any atom is 0.298 e. The van der Waals surface area contributed by atoms with Crippen molar-refractivity contribution in [1.29, 1.82) is 0 Å². The topological polar surface area (TPSA) is 52.7 Å². The molecule has 1 aliphatic rings. The van der Waals surface area contributed by atoms with Crippen molar-refractivity contribution in [3.05, 3.63) is 54.1 Å². The third kappa shape index (κ3) is 3.00. The van der Waals surface area contributed by atoms with Crippen molar-refractivity contribution in [2.45, 2.75) is 6.54 Å². The van der Waals surface area contributed by atoms with E-state index in [4.69, 9.17) is 4.42 Å². The number of phenols is 1. The minimum atomic E-state index is 0.326. The van der Waals surface area contributed by atoms with Gasteiger partial charge in [0.2, 0.25) is 0 Å². The Morgan fingerprint density at radius 2 is 1.83 bits per heavy atom. The van der Waals surface area contributed by atoms with Crippen LogP contribution in [0.15, 0.2) is 52.9 Å². The number of fused-ring (bicyclic) bond motifs is 1. The maximum atomic E-state index is 9.55. The van der Waals surface area contributed by atoms with E-state index in [1.54, 1.807) is 6.07 Å². The van der Waals surface area contributed by atoms with Gasteiger partial charge in [0.05, 0.1) is 0 Å². The Balaban J connectivity index is 1.40. The molecule has 2 aromatic carbocycles. The first-order valence-corrected chi connectivity index (χ1v) is 7.89. The fraction of sp³-hybridized carbons (Fsp3) is 0.278. The van der Waals surface area contributed by atoms with Crippen LogP contribution in [0.2, 0.25) is 0 Å². The van der Waals surface area contributed by atoms with Crippen LogP contribution >= 0.6 is 0 Å². The number of rotatable bonds is 3. The van der Waals surface area contributed by atoms with Crippen LogP contribution in [0.5, 0.6) is 5.75 Å². The van der Waals surface area contributed by atoms with E-state index in [0.717, 1.165) is 49.4 Å². The predicted molar refractivity (Wildman–Crippen MR) is 89.6 cm³/mol. The Kier molecular flexibility index (Phi) is 3.63. The van der Waals surface area contributed by atoms with Gasteiger partial charge >= 0.3 is 0 Å². The standard InChI is InChI=1S/C18H19N3O2/c22-15-5-3-4-14(12-15)13-20-8-10-21(11-9-20)18-19-16-6-1-2-7-17(16)23-18/h1-7,12,22H,8-11,13H2. The number of piperazine rings is 1. The summed E-state index contributed by atoms with van der Waals surface area (Å²) in [6.45, 7) is 4.55. The Morgan fingerprint density at radius 3 is 2.61 bits per heavy atom. The lowest BCUT2D eigenvalue weighted by molar-refractivity contribution is 0.245. The van der Waals surface area contributed by atoms with Gasteiger partial charge < -0.3 is 14.4 Å². The Bertz CT molecular complexity index is 774. The highest BCUT2D eigenvalue weighted by Gasteiger charge is 2.21. The fourth-order valence-corrected chi connectivity index (χ4v) is 3.01. The van der Waals surface area contributed by atoms with Crippen molar-refractivity contribution < 1.29 is 9.52 Å². The zero-order valence-electron chi connectivity index (χ0n) is 12.9. The lowest BCUT2D eigenvalue weighted by Gasteiger charge is -2.33. The number of aromatic nitrogens is 1. The van der Waals surface area contributed by atoms with Crippen molar-refractivity contribution >= 4 is 17.1 Å². The molecule has 3 aromatic rings. The Labute approximate surface area is 134 Å². The average Bonchev–Trinajstić information content (AvgIpc) is 2.99. The van der Waals surface area contributed by atoms with Crippen LogP contribution < -0.4 is 4.90 Å². The van der Waals surface area contributed by atoms with Gasteiger partial charge in [-0.1, -0.05) is 24.3 Å². The molecular formula is C18H19N3O2. The molecule has 0 amide bonds. The normalized spacial score (nSPS) is 16.1. The molecule has 0 radical (unpaired) electrons. The second kappa shape index (κ2) is 5.93. The van der Waals surface area contributed by atoms with Gasteiger partial charge in [-0.25, -0.2) is 0 Å². The quantitative estimate of drug-likeness (QED) is 0.806. The summed E-state index contributed by atoms with van der Waals surface area (Å²) in [5, 5.41) is 9.55. The number of phenolic OH excluding ortho intramolecular Hbond substituents is 1. The third-order valence-electron chi connectivity index (χ3n) is 4.24. The highest BCUT2D eigenvalue weighted by Crippen LogP contribution is 2.23. The van der Waals surface area contributed by atoms with E-state index < -0.39 is 0 Å². The number of oxazole rings is 1. The summed E-state index contributed by atoms with van der Waals surface area (Å²) in [7, 11) is 0. The largest absolute Gasteiger partial charge is 0.508 e. The molecule has 23 heavy (non-hydrogen) atoms. The number of anilines is 1. The van der Waals surface area contributed by atoms with Crippen LogP contribution in [0, 0.1) is 0 Å². The van der Waals surface area contributed by atoms with Crippen LogP contribution in [-0.2, 0) is 6.54 Å². The van der Waals surface area contributed by atoms with Crippen LogP contribution in [-0.4, -0.2) is 41.2 Å². The SMILES string of the molecule is Oc1cccc(CN2CCN(c3nc4ccccc4o3)CC2)c1. The van der Waals surface area contributed by atoms with E-state index in [1.165, 1.54) is 0 Å². The molecule has 0 atom stereocenters. The lowest BCUT2D eigenvalue weighted by atomic mass is 10.2. The molecule has 1 N–H and O–H groups in total. The fourth-order valence-electron chi connectivity index (χ4n) is 3.01. The molecule has 0 unspecified atom stereocenters. The van der Waals surface area contributed by atoms with E-state index >= 15 is 0 Å². The molecule has 1 fully saturated rings. The van der Waals surface area contributed by atoms with E-state index in [1.807, 2.05) is 42.5 Å². The van der Waals surface area contributed by atoms with Gasteiger partial charge in [0.25, 0.3) is 6.01 Å². The molecule has 1 saturated heterocycles. The number of benzene rings is 2. The van der Waals surface area contributed by atoms with E-state index in [-0.39, 0.29) is 0 Å². The second-order valence-corrected chi connectivity index (χ2v) is 5.90. The van der Waals surface area contributed by atoms with Crippen molar-refractivity contribution in [2.75, 3.05) is 31.1 Å². The summed E-state index contributed by atoms with van der Waals surface area (Å²) in [6, 6.07) is 16.0. The Hall–Kier alpha value is -2.53. The van der Waals surface area contributed by atoms with E-state index in [0.29, 0.717) is 11.8 Å². The predicted octanol–water partition coefficient (Wildman–Crippen LogP) is 2.86. The minimum absolute atomic E-state index is 0.326. The number of nitrogens with zero attached hydrogens (tertiary/aromatic N) is 3. The lowest BCUT2D eigenvalue weighted by Crippen LogP contribution is -2.46. The average molecular weight is 309 g/mol. The molecular weight excluding hydrogens is 290 g/mol. The molecule has 0 bridgehead atoms. The summed E-state index contributed by atoms with van der Waals surface area (Å²) in [4.78, 5) is 9.14. The summed E-state index contributed by atoms with van der Waals surface area (Å²) < 4.78 is 5.84. The summed E-state index contributed by atoms with van der Waals surface area (Å²) in [5.41, 5.74) is 2.88. The van der Waals surface area contributed by atoms with Crippen LogP contribution in [0.4, 0.5) is 6.01 Å². The molecule has 0 saturated carbocycles. The highest BCUT2D eigenvalue weighted by molar-refractivity contribution is 5.74. The smallest absolute Gasteiger partial charge is 0.298 e. The molecule has 5 heteroatoms. The third-order valence-corrected chi connectivity index (χ3v) is 4.24. The first kappa shape index (κ1) is 14.1. The zero-order valence-corrected chi connectivity index (χ0v) is 12.9. The van der Waals surface area contributed by atoms with Crippen molar-refractivity contribution in [3.63, 3.8) is 0 Å². The maximum absolute atomic E-state index is 9.55. The first-order chi connectivity index (χ1) is 11.3. The Morgan fingerprint density at radius 1 is 1.00 bits per heavy atom. The van der Waals surface area contributed by atoms with Crippen molar-refractivity contribution in [3.8, 4) is 5.75 Å². The van der Waals surface area contributed by atoms with Gasteiger partial charge in [-0.15, -0.1) is 0 Å². The molecule has 0 spiro atoms. The number of hydrogen-bond donors (Lipinski definition) is 1. The van der Waals surface area contributed by atoms with Gasteiger partial charge in [0.1, 0.15) is 11.3 Å². The summed E-state index contributed by atoms with van der Waals surface area (Å²) in [5.74, 6) is 0.326. The number of para-hydroxylation sites is 2. The summed E-state index contributed by atoms with van der Waals surface area (Å²) in [6.07, 6.45) is 0. The van der Waals surface area contributed by atoms with Gasteiger partial charge in [0.15, 0.2) is 5.58 Å². The van der Waals surface area contributed by atoms with Gasteiger partial charge in [-0.3, -0.25) is 4.90 Å². The summed E-state index contributed by atoms with van der Waals surface area (Å²) >= 11 is 0. The number of hydrogen-bond acceptors (Lipinski definition) is 5. The number of aromatic hydroxyl groups is 1. The second-order valence-electron chi connectivity index (χ2n) is 5.90. The molecule has 4 rings (SSSR count). The highest BCUT2D eigenvalue weighted by atomic mass is 16.4. The van der Waals surface area contributed by atoms with E-state index in [2.05, 4.69) is 14.8 Å².